The van der Waals surface area contributed by atoms with Crippen LogP contribution < -0.4 is 5.32 Å². The molecule has 0 saturated heterocycles. The Kier molecular flexibility index (Phi) is 6.11. The summed E-state index contributed by atoms with van der Waals surface area (Å²) in [5.41, 5.74) is 3.85. The Morgan fingerprint density at radius 1 is 1.25 bits per heavy atom. The molecule has 0 atom stereocenters. The third-order valence-corrected chi connectivity index (χ3v) is 5.33. The highest BCUT2D eigenvalue weighted by atomic mass is 35.5. The first-order valence-corrected chi connectivity index (χ1v) is 8.83. The molecule has 0 aliphatic carbocycles. The van der Waals surface area contributed by atoms with Gasteiger partial charge in [0.25, 0.3) is 0 Å². The van der Waals surface area contributed by atoms with Crippen LogP contribution in [0.3, 0.4) is 0 Å². The van der Waals surface area contributed by atoms with E-state index in [1.165, 1.54) is 11.8 Å². The summed E-state index contributed by atoms with van der Waals surface area (Å²) < 4.78 is 0. The Morgan fingerprint density at radius 3 is 2.58 bits per heavy atom. The van der Waals surface area contributed by atoms with Gasteiger partial charge < -0.3 is 5.32 Å². The first-order chi connectivity index (χ1) is 11.3. The van der Waals surface area contributed by atoms with Crippen LogP contribution in [-0.2, 0) is 4.79 Å². The van der Waals surface area contributed by atoms with Crippen molar-refractivity contribution in [1.29, 1.82) is 5.26 Å². The quantitative estimate of drug-likeness (QED) is 0.765. The Labute approximate surface area is 155 Å². The number of rotatable bonds is 4. The summed E-state index contributed by atoms with van der Waals surface area (Å²) in [6.07, 6.45) is 0. The van der Waals surface area contributed by atoms with Crippen LogP contribution in [-0.4, -0.2) is 16.6 Å². The number of thioether (sulfide) groups is 1. The smallest absolute Gasteiger partial charge is 0.234 e. The fourth-order valence-corrected chi connectivity index (χ4v) is 3.23. The molecule has 0 radical (unpaired) electrons. The molecular formula is C17H15Cl2N3OS. The lowest BCUT2D eigenvalue weighted by molar-refractivity contribution is -0.113. The van der Waals surface area contributed by atoms with Gasteiger partial charge in [0.15, 0.2) is 0 Å². The van der Waals surface area contributed by atoms with Crippen molar-refractivity contribution in [3.63, 3.8) is 0 Å². The van der Waals surface area contributed by atoms with E-state index in [1.54, 1.807) is 18.2 Å². The summed E-state index contributed by atoms with van der Waals surface area (Å²) in [7, 11) is 0. The molecule has 0 bridgehead atoms. The van der Waals surface area contributed by atoms with E-state index in [-0.39, 0.29) is 11.7 Å². The minimum Gasteiger partial charge on any atom is -0.325 e. The van der Waals surface area contributed by atoms with Gasteiger partial charge >= 0.3 is 0 Å². The van der Waals surface area contributed by atoms with Crippen molar-refractivity contribution in [3.05, 3.63) is 50.6 Å². The van der Waals surface area contributed by atoms with E-state index in [4.69, 9.17) is 23.2 Å². The van der Waals surface area contributed by atoms with E-state index < -0.39 is 0 Å². The predicted octanol–water partition coefficient (Wildman–Crippen LogP) is 4.92. The van der Waals surface area contributed by atoms with Gasteiger partial charge in [0, 0.05) is 11.4 Å². The number of aryl methyl sites for hydroxylation is 1. The molecule has 0 unspecified atom stereocenters. The molecule has 1 aromatic heterocycles. The van der Waals surface area contributed by atoms with Crippen molar-refractivity contribution in [3.8, 4) is 6.07 Å². The number of nitrogens with one attached hydrogen (secondary N) is 1. The molecule has 0 fully saturated rings. The largest absolute Gasteiger partial charge is 0.325 e. The number of hydrogen-bond donors (Lipinski definition) is 1. The molecular weight excluding hydrogens is 365 g/mol. The second-order valence-corrected chi connectivity index (χ2v) is 6.98. The molecule has 0 aliphatic rings. The minimum atomic E-state index is -0.208. The Balaban J connectivity index is 2.09. The molecule has 1 heterocycles. The van der Waals surface area contributed by atoms with E-state index in [9.17, 15) is 10.1 Å². The number of nitrogens with zero attached hydrogens (tertiary/aromatic N) is 2. The molecule has 1 aromatic carbocycles. The topological polar surface area (TPSA) is 65.8 Å². The molecule has 124 valence electrons. The zero-order valence-corrected chi connectivity index (χ0v) is 15.7. The van der Waals surface area contributed by atoms with Gasteiger partial charge in [-0.05, 0) is 50.1 Å². The summed E-state index contributed by atoms with van der Waals surface area (Å²) in [6.45, 7) is 5.72. The maximum absolute atomic E-state index is 12.1. The number of halogens is 2. The zero-order chi connectivity index (χ0) is 17.9. The highest BCUT2D eigenvalue weighted by Gasteiger charge is 2.14. The van der Waals surface area contributed by atoms with Crippen molar-refractivity contribution in [2.24, 2.45) is 0 Å². The number of nitriles is 1. The molecule has 0 spiro atoms. The molecule has 2 aromatic rings. The van der Waals surface area contributed by atoms with Gasteiger partial charge in [0.05, 0.1) is 21.4 Å². The molecule has 1 N–H and O–H groups in total. The van der Waals surface area contributed by atoms with Crippen LogP contribution >= 0.6 is 35.0 Å². The number of benzene rings is 1. The van der Waals surface area contributed by atoms with Crippen LogP contribution in [0, 0.1) is 32.1 Å². The lowest BCUT2D eigenvalue weighted by atomic mass is 10.1. The number of carbonyl (C=O) groups is 1. The average molecular weight is 380 g/mol. The van der Waals surface area contributed by atoms with Crippen molar-refractivity contribution < 1.29 is 4.79 Å². The number of carbonyl (C=O) groups excluding carboxylic acids is 1. The van der Waals surface area contributed by atoms with Gasteiger partial charge in [0.1, 0.15) is 11.1 Å². The number of hydrogen-bond acceptors (Lipinski definition) is 4. The van der Waals surface area contributed by atoms with Crippen molar-refractivity contribution in [2.45, 2.75) is 25.8 Å². The minimum absolute atomic E-state index is 0.143. The first-order valence-electron chi connectivity index (χ1n) is 7.09. The fraction of sp³-hybridized carbons (Fsp3) is 0.235. The van der Waals surface area contributed by atoms with Crippen LogP contribution in [0.4, 0.5) is 5.69 Å². The van der Waals surface area contributed by atoms with Gasteiger partial charge in [-0.3, -0.25) is 4.79 Å². The third kappa shape index (κ3) is 4.21. The lowest BCUT2D eigenvalue weighted by Gasteiger charge is -2.11. The van der Waals surface area contributed by atoms with Crippen LogP contribution in [0.5, 0.6) is 0 Å². The van der Waals surface area contributed by atoms with Crippen LogP contribution in [0.25, 0.3) is 0 Å². The van der Waals surface area contributed by atoms with Gasteiger partial charge in [-0.1, -0.05) is 35.0 Å². The molecule has 24 heavy (non-hydrogen) atoms. The summed E-state index contributed by atoms with van der Waals surface area (Å²) in [4.78, 5) is 16.5. The highest BCUT2D eigenvalue weighted by molar-refractivity contribution is 8.00. The molecule has 4 nitrogen and oxygen atoms in total. The van der Waals surface area contributed by atoms with Gasteiger partial charge in [-0.2, -0.15) is 5.26 Å². The first kappa shape index (κ1) is 18.6. The predicted molar refractivity (Wildman–Crippen MR) is 99.0 cm³/mol. The molecule has 0 saturated carbocycles. The summed E-state index contributed by atoms with van der Waals surface area (Å²) >= 11 is 13.0. The van der Waals surface area contributed by atoms with Crippen LogP contribution in [0.2, 0.25) is 10.0 Å². The second-order valence-electron chi connectivity index (χ2n) is 5.20. The van der Waals surface area contributed by atoms with Gasteiger partial charge in [0.2, 0.25) is 5.91 Å². The Morgan fingerprint density at radius 2 is 1.96 bits per heavy atom. The summed E-state index contributed by atoms with van der Waals surface area (Å²) in [5, 5.41) is 13.5. The fourth-order valence-electron chi connectivity index (χ4n) is 2.05. The number of amides is 1. The van der Waals surface area contributed by atoms with E-state index in [0.717, 1.165) is 16.8 Å². The van der Waals surface area contributed by atoms with Crippen molar-refractivity contribution in [1.82, 2.24) is 4.98 Å². The van der Waals surface area contributed by atoms with E-state index in [1.807, 2.05) is 20.8 Å². The maximum atomic E-state index is 12.1. The highest BCUT2D eigenvalue weighted by Crippen LogP contribution is 2.27. The number of pyridine rings is 1. The number of anilines is 1. The van der Waals surface area contributed by atoms with Gasteiger partial charge in [-0.25, -0.2) is 4.98 Å². The van der Waals surface area contributed by atoms with Crippen molar-refractivity contribution in [2.75, 3.05) is 11.1 Å². The van der Waals surface area contributed by atoms with E-state index in [0.29, 0.717) is 26.3 Å². The Hall–Kier alpha value is -1.74. The molecule has 1 amide bonds. The third-order valence-electron chi connectivity index (χ3n) is 3.62. The van der Waals surface area contributed by atoms with Crippen LogP contribution in [0.1, 0.15) is 22.4 Å². The number of aromatic nitrogens is 1. The van der Waals surface area contributed by atoms with Crippen molar-refractivity contribution >= 4 is 46.6 Å². The maximum Gasteiger partial charge on any atom is 0.234 e. The van der Waals surface area contributed by atoms with Gasteiger partial charge in [-0.15, -0.1) is 0 Å². The SMILES string of the molecule is Cc1nc(SCC(=O)Nc2ccc(Cl)c(Cl)c2)c(C#N)c(C)c1C. The standard InChI is InChI=1S/C17H15Cl2N3OS/c1-9-10(2)13(7-20)17(21-11(9)3)24-8-16(23)22-12-4-5-14(18)15(19)6-12/h4-6H,8H2,1-3H3,(H,22,23). The van der Waals surface area contributed by atoms with E-state index >= 15 is 0 Å². The normalized spacial score (nSPS) is 10.3. The molecule has 7 heteroatoms. The summed E-state index contributed by atoms with van der Waals surface area (Å²) in [5.74, 6) is -0.0656. The second kappa shape index (κ2) is 7.89. The monoisotopic (exact) mass is 379 g/mol. The molecule has 0 aliphatic heterocycles. The van der Waals surface area contributed by atoms with E-state index in [2.05, 4.69) is 16.4 Å². The summed E-state index contributed by atoms with van der Waals surface area (Å²) in [6, 6.07) is 7.06. The lowest BCUT2D eigenvalue weighted by Crippen LogP contribution is -2.14. The molecule has 2 rings (SSSR count). The zero-order valence-electron chi connectivity index (χ0n) is 13.4. The average Bonchev–Trinajstić information content (AvgIpc) is 2.54. The Bertz CT molecular complexity index is 847. The van der Waals surface area contributed by atoms with Crippen LogP contribution in [0.15, 0.2) is 23.2 Å².